The number of ether oxygens (including phenoxy) is 1. The third kappa shape index (κ3) is 3.19. The Kier molecular flexibility index (Phi) is 4.41. The minimum Gasteiger partial charge on any atom is -0.492 e. The van der Waals surface area contributed by atoms with Crippen LogP contribution in [0.3, 0.4) is 0 Å². The van der Waals surface area contributed by atoms with Gasteiger partial charge in [-0.2, -0.15) is 0 Å². The lowest BCUT2D eigenvalue weighted by atomic mass is 9.98. The van der Waals surface area contributed by atoms with Crippen LogP contribution in [0.15, 0.2) is 24.3 Å². The van der Waals surface area contributed by atoms with E-state index in [0.29, 0.717) is 13.2 Å². The Morgan fingerprint density at radius 3 is 2.86 bits per heavy atom. The molecule has 1 fully saturated rings. The molecule has 1 aromatic carbocycles. The molecule has 5 nitrogen and oxygen atoms in total. The highest BCUT2D eigenvalue weighted by Gasteiger charge is 2.31. The number of amides is 1. The van der Waals surface area contributed by atoms with E-state index in [9.17, 15) is 4.79 Å². The van der Waals surface area contributed by atoms with Gasteiger partial charge in [0.15, 0.2) is 0 Å². The number of likely N-dealkylation sites (tertiary alicyclic amines) is 1. The molecule has 0 aliphatic carbocycles. The molecular weight excluding hydrogens is 266 g/mol. The Labute approximate surface area is 125 Å². The number of hydrogen-bond donors (Lipinski definition) is 2. The molecule has 0 spiro atoms. The molecule has 114 valence electrons. The molecule has 1 saturated heterocycles. The Bertz CT molecular complexity index is 498. The normalized spacial score (nSPS) is 22.6. The zero-order valence-corrected chi connectivity index (χ0v) is 12.3. The fourth-order valence-corrected chi connectivity index (χ4v) is 3.16. The lowest BCUT2D eigenvalue weighted by Crippen LogP contribution is -2.47. The van der Waals surface area contributed by atoms with E-state index in [4.69, 9.17) is 10.5 Å². The fourth-order valence-electron chi connectivity index (χ4n) is 3.16. The molecule has 3 rings (SSSR count). The van der Waals surface area contributed by atoms with Crippen LogP contribution in [0.1, 0.15) is 24.3 Å². The molecule has 2 aliphatic heterocycles. The average molecular weight is 289 g/mol. The van der Waals surface area contributed by atoms with E-state index in [-0.39, 0.29) is 17.9 Å². The van der Waals surface area contributed by atoms with Crippen molar-refractivity contribution in [1.82, 2.24) is 10.2 Å². The van der Waals surface area contributed by atoms with Gasteiger partial charge in [-0.15, -0.1) is 0 Å². The van der Waals surface area contributed by atoms with Gasteiger partial charge < -0.3 is 20.7 Å². The van der Waals surface area contributed by atoms with Crippen molar-refractivity contribution in [2.45, 2.75) is 24.8 Å². The molecule has 0 radical (unpaired) electrons. The number of nitrogens with zero attached hydrogens (tertiary/aromatic N) is 1. The molecule has 0 bridgehead atoms. The second-order valence-corrected chi connectivity index (χ2v) is 5.81. The van der Waals surface area contributed by atoms with Crippen molar-refractivity contribution >= 4 is 5.91 Å². The number of carbonyl (C=O) groups excluding carboxylic acids is 1. The lowest BCUT2D eigenvalue weighted by Gasteiger charge is -2.32. The summed E-state index contributed by atoms with van der Waals surface area (Å²) in [6.07, 6.45) is 2.00. The fraction of sp³-hybridized carbons (Fsp3) is 0.562. The zero-order valence-electron chi connectivity index (χ0n) is 12.3. The summed E-state index contributed by atoms with van der Waals surface area (Å²) >= 11 is 0. The maximum absolute atomic E-state index is 12.5. The van der Waals surface area contributed by atoms with Gasteiger partial charge in [0.05, 0.1) is 0 Å². The van der Waals surface area contributed by atoms with E-state index in [1.807, 2.05) is 24.3 Å². The molecule has 1 amide bonds. The molecule has 5 heteroatoms. The number of benzene rings is 1. The number of hydrogen-bond acceptors (Lipinski definition) is 4. The number of fused-ring (bicyclic) bond motifs is 1. The van der Waals surface area contributed by atoms with E-state index >= 15 is 0 Å². The van der Waals surface area contributed by atoms with Gasteiger partial charge in [0.25, 0.3) is 0 Å². The van der Waals surface area contributed by atoms with Crippen LogP contribution in [0.4, 0.5) is 0 Å². The van der Waals surface area contributed by atoms with Gasteiger partial charge in [0.1, 0.15) is 18.3 Å². The van der Waals surface area contributed by atoms with E-state index in [1.165, 1.54) is 0 Å². The summed E-state index contributed by atoms with van der Waals surface area (Å²) in [7, 11) is 0. The third-order valence-electron chi connectivity index (χ3n) is 4.40. The minimum absolute atomic E-state index is 0.0947. The standard InChI is InChI=1S/C16H23N3O2/c17-7-10-19-8-5-12(6-9-19)18-16(20)14-11-21-15-4-2-1-3-13(14)15/h1-4,12,14H,5-11,17H2,(H,18,20). The number of para-hydroxylation sites is 1. The number of nitrogens with two attached hydrogens (primary N) is 1. The van der Waals surface area contributed by atoms with E-state index < -0.39 is 0 Å². The number of carbonyl (C=O) groups is 1. The van der Waals surface area contributed by atoms with Crippen LogP contribution in [0.2, 0.25) is 0 Å². The summed E-state index contributed by atoms with van der Waals surface area (Å²) in [6.45, 7) is 4.13. The third-order valence-corrected chi connectivity index (χ3v) is 4.40. The molecule has 0 aromatic heterocycles. The van der Waals surface area contributed by atoms with Gasteiger partial charge in [-0.25, -0.2) is 0 Å². The number of rotatable bonds is 4. The van der Waals surface area contributed by atoms with E-state index in [0.717, 1.165) is 43.8 Å². The second kappa shape index (κ2) is 6.45. The SMILES string of the molecule is NCCN1CCC(NC(=O)C2COc3ccccc32)CC1. The van der Waals surface area contributed by atoms with Gasteiger partial charge in [0, 0.05) is 37.8 Å². The predicted molar refractivity (Wildman–Crippen MR) is 81.3 cm³/mol. The van der Waals surface area contributed by atoms with Gasteiger partial charge in [-0.3, -0.25) is 4.79 Å². The summed E-state index contributed by atoms with van der Waals surface area (Å²) in [4.78, 5) is 14.8. The second-order valence-electron chi connectivity index (χ2n) is 5.81. The van der Waals surface area contributed by atoms with Crippen LogP contribution < -0.4 is 15.8 Å². The van der Waals surface area contributed by atoms with Crippen LogP contribution in [0.25, 0.3) is 0 Å². The van der Waals surface area contributed by atoms with Crippen molar-refractivity contribution in [2.24, 2.45) is 5.73 Å². The molecule has 1 aromatic rings. The zero-order chi connectivity index (χ0) is 14.7. The first-order chi connectivity index (χ1) is 10.3. The molecule has 2 heterocycles. The number of nitrogens with one attached hydrogen (secondary N) is 1. The van der Waals surface area contributed by atoms with Crippen molar-refractivity contribution in [2.75, 3.05) is 32.8 Å². The Morgan fingerprint density at radius 2 is 2.10 bits per heavy atom. The van der Waals surface area contributed by atoms with Crippen LogP contribution >= 0.6 is 0 Å². The summed E-state index contributed by atoms with van der Waals surface area (Å²) in [5.41, 5.74) is 6.59. The highest BCUT2D eigenvalue weighted by atomic mass is 16.5. The largest absolute Gasteiger partial charge is 0.492 e. The Hall–Kier alpha value is -1.59. The molecule has 1 unspecified atom stereocenters. The van der Waals surface area contributed by atoms with Crippen molar-refractivity contribution in [3.05, 3.63) is 29.8 Å². The Morgan fingerprint density at radius 1 is 1.33 bits per heavy atom. The van der Waals surface area contributed by atoms with Gasteiger partial charge in [0.2, 0.25) is 5.91 Å². The monoisotopic (exact) mass is 289 g/mol. The highest BCUT2D eigenvalue weighted by Crippen LogP contribution is 2.33. The van der Waals surface area contributed by atoms with E-state index in [1.54, 1.807) is 0 Å². The van der Waals surface area contributed by atoms with Crippen molar-refractivity contribution in [3.63, 3.8) is 0 Å². The number of piperidine rings is 1. The van der Waals surface area contributed by atoms with Crippen molar-refractivity contribution < 1.29 is 9.53 Å². The van der Waals surface area contributed by atoms with Crippen LogP contribution in [0.5, 0.6) is 5.75 Å². The first-order valence-corrected chi connectivity index (χ1v) is 7.72. The summed E-state index contributed by atoms with van der Waals surface area (Å²) in [6, 6.07) is 8.08. The summed E-state index contributed by atoms with van der Waals surface area (Å²) in [5.74, 6) is 0.774. The maximum atomic E-state index is 12.5. The molecule has 0 saturated carbocycles. The predicted octanol–water partition coefficient (Wildman–Crippen LogP) is 0.702. The van der Waals surface area contributed by atoms with Gasteiger partial charge >= 0.3 is 0 Å². The van der Waals surface area contributed by atoms with Gasteiger partial charge in [-0.1, -0.05) is 18.2 Å². The summed E-state index contributed by atoms with van der Waals surface area (Å²) < 4.78 is 5.59. The minimum atomic E-state index is -0.164. The molecule has 2 aliphatic rings. The van der Waals surface area contributed by atoms with Crippen LogP contribution in [0, 0.1) is 0 Å². The van der Waals surface area contributed by atoms with Crippen molar-refractivity contribution in [1.29, 1.82) is 0 Å². The first kappa shape index (κ1) is 14.4. The quantitative estimate of drug-likeness (QED) is 0.856. The molecule has 1 atom stereocenters. The van der Waals surface area contributed by atoms with Crippen LogP contribution in [-0.2, 0) is 4.79 Å². The summed E-state index contributed by atoms with van der Waals surface area (Å²) in [5, 5.41) is 3.19. The molecule has 21 heavy (non-hydrogen) atoms. The van der Waals surface area contributed by atoms with E-state index in [2.05, 4.69) is 10.2 Å². The lowest BCUT2D eigenvalue weighted by molar-refractivity contribution is -0.123. The van der Waals surface area contributed by atoms with Crippen molar-refractivity contribution in [3.8, 4) is 5.75 Å². The van der Waals surface area contributed by atoms with Gasteiger partial charge in [-0.05, 0) is 18.9 Å². The maximum Gasteiger partial charge on any atom is 0.231 e. The first-order valence-electron chi connectivity index (χ1n) is 7.72. The molecule has 3 N–H and O–H groups in total. The average Bonchev–Trinajstić information content (AvgIpc) is 2.93. The molecular formula is C16H23N3O2. The Balaban J connectivity index is 1.54. The highest BCUT2D eigenvalue weighted by molar-refractivity contribution is 5.85. The topological polar surface area (TPSA) is 67.6 Å². The van der Waals surface area contributed by atoms with Crippen LogP contribution in [-0.4, -0.2) is 49.6 Å². The smallest absolute Gasteiger partial charge is 0.231 e.